The standard InChI is InChI=1S/C19H26O4P2/c1-4-22-25(21,18-13-9-6-10-14-18)19(15-16(2)3)23-24(20)17-11-7-5-8-12-17/h5-14,16,19-20H,4,15H2,1-3H3/t19-,24?,25-/m1/s1. The zero-order valence-electron chi connectivity index (χ0n) is 14.9. The van der Waals surface area contributed by atoms with E-state index in [-0.39, 0.29) is 5.92 Å². The maximum absolute atomic E-state index is 13.8. The Morgan fingerprint density at radius 2 is 1.60 bits per heavy atom. The smallest absolute Gasteiger partial charge is 0.260 e. The van der Waals surface area contributed by atoms with Crippen molar-refractivity contribution in [1.29, 1.82) is 0 Å². The second-order valence-corrected chi connectivity index (χ2v) is 9.97. The lowest BCUT2D eigenvalue weighted by Crippen LogP contribution is -2.24. The van der Waals surface area contributed by atoms with E-state index in [4.69, 9.17) is 9.05 Å². The first-order valence-corrected chi connectivity index (χ1v) is 11.4. The van der Waals surface area contributed by atoms with Gasteiger partial charge in [0.25, 0.3) is 7.37 Å². The highest BCUT2D eigenvalue weighted by Crippen LogP contribution is 2.56. The molecule has 0 fully saturated rings. The Balaban J connectivity index is 2.34. The van der Waals surface area contributed by atoms with Crippen molar-refractivity contribution in [3.63, 3.8) is 0 Å². The fourth-order valence-corrected chi connectivity index (χ4v) is 6.48. The van der Waals surface area contributed by atoms with Gasteiger partial charge in [-0.2, -0.15) is 0 Å². The lowest BCUT2D eigenvalue weighted by atomic mass is 10.1. The molecule has 2 rings (SSSR count). The van der Waals surface area contributed by atoms with E-state index in [2.05, 4.69) is 0 Å². The first-order valence-electron chi connectivity index (χ1n) is 8.48. The molecule has 0 aromatic heterocycles. The van der Waals surface area contributed by atoms with Crippen LogP contribution in [-0.2, 0) is 13.6 Å². The summed E-state index contributed by atoms with van der Waals surface area (Å²) in [6.45, 7) is 6.22. The Morgan fingerprint density at radius 1 is 1.04 bits per heavy atom. The normalized spacial score (nSPS) is 16.4. The summed E-state index contributed by atoms with van der Waals surface area (Å²) in [5, 5.41) is 1.32. The second kappa shape index (κ2) is 9.62. The summed E-state index contributed by atoms with van der Waals surface area (Å²) in [5.41, 5.74) is 0. The summed E-state index contributed by atoms with van der Waals surface area (Å²) in [4.78, 5) is 10.5. The molecule has 0 saturated heterocycles. The molecule has 25 heavy (non-hydrogen) atoms. The van der Waals surface area contributed by atoms with Crippen molar-refractivity contribution >= 4 is 26.4 Å². The van der Waals surface area contributed by atoms with Crippen LogP contribution in [0.4, 0.5) is 0 Å². The zero-order valence-corrected chi connectivity index (χ0v) is 16.7. The van der Waals surface area contributed by atoms with E-state index in [1.165, 1.54) is 0 Å². The van der Waals surface area contributed by atoms with Crippen molar-refractivity contribution in [2.75, 3.05) is 6.61 Å². The third-order valence-corrected chi connectivity index (χ3v) is 7.78. The largest absolute Gasteiger partial charge is 0.346 e. The van der Waals surface area contributed by atoms with Gasteiger partial charge in [0.1, 0.15) is 5.85 Å². The van der Waals surface area contributed by atoms with Gasteiger partial charge < -0.3 is 13.9 Å². The molecule has 2 aromatic carbocycles. The lowest BCUT2D eigenvalue weighted by Gasteiger charge is -2.30. The number of hydrogen-bond acceptors (Lipinski definition) is 4. The number of hydrogen-bond donors (Lipinski definition) is 1. The van der Waals surface area contributed by atoms with E-state index in [0.29, 0.717) is 23.6 Å². The van der Waals surface area contributed by atoms with E-state index >= 15 is 0 Å². The Kier molecular flexibility index (Phi) is 7.81. The SMILES string of the molecule is CCO[P@](=O)(c1ccccc1)[C@H](CC(C)C)OP(O)c1ccccc1. The predicted octanol–water partition coefficient (Wildman–Crippen LogP) is 4.65. The molecule has 0 bridgehead atoms. The van der Waals surface area contributed by atoms with Crippen LogP contribution in [0.2, 0.25) is 0 Å². The van der Waals surface area contributed by atoms with Crippen LogP contribution >= 0.6 is 15.7 Å². The van der Waals surface area contributed by atoms with Crippen molar-refractivity contribution in [2.45, 2.75) is 33.0 Å². The highest BCUT2D eigenvalue weighted by Gasteiger charge is 2.39. The van der Waals surface area contributed by atoms with Gasteiger partial charge in [0.15, 0.2) is 0 Å². The van der Waals surface area contributed by atoms with Gasteiger partial charge in [0, 0.05) is 10.6 Å². The van der Waals surface area contributed by atoms with E-state index in [9.17, 15) is 9.46 Å². The van der Waals surface area contributed by atoms with Crippen LogP contribution in [0.5, 0.6) is 0 Å². The van der Waals surface area contributed by atoms with Crippen molar-refractivity contribution < 1.29 is 18.5 Å². The monoisotopic (exact) mass is 380 g/mol. The first kappa shape index (κ1) is 20.3. The first-order chi connectivity index (χ1) is 12.0. The maximum Gasteiger partial charge on any atom is 0.260 e. The quantitative estimate of drug-likeness (QED) is 0.644. The van der Waals surface area contributed by atoms with Crippen LogP contribution in [0.3, 0.4) is 0 Å². The minimum absolute atomic E-state index is 0.252. The third-order valence-electron chi connectivity index (χ3n) is 3.69. The van der Waals surface area contributed by atoms with Crippen LogP contribution < -0.4 is 10.6 Å². The minimum atomic E-state index is -3.28. The Morgan fingerprint density at radius 3 is 2.12 bits per heavy atom. The summed E-state index contributed by atoms with van der Waals surface area (Å²) < 4.78 is 25.5. The summed E-state index contributed by atoms with van der Waals surface area (Å²) in [5.74, 6) is -0.437. The predicted molar refractivity (Wildman–Crippen MR) is 105 cm³/mol. The molecule has 2 aromatic rings. The van der Waals surface area contributed by atoms with Gasteiger partial charge in [0.2, 0.25) is 8.38 Å². The molecule has 136 valence electrons. The van der Waals surface area contributed by atoms with Gasteiger partial charge in [0.05, 0.1) is 6.61 Å². The summed E-state index contributed by atoms with van der Waals surface area (Å²) in [6.07, 6.45) is 0.540. The summed E-state index contributed by atoms with van der Waals surface area (Å²) in [6, 6.07) is 18.4. The molecular formula is C19H26O4P2. The Labute approximate surface area is 151 Å². The van der Waals surface area contributed by atoms with Crippen LogP contribution in [-0.4, -0.2) is 17.3 Å². The molecule has 1 N–H and O–H groups in total. The van der Waals surface area contributed by atoms with Crippen molar-refractivity contribution in [2.24, 2.45) is 5.92 Å². The van der Waals surface area contributed by atoms with E-state index in [0.717, 1.165) is 0 Å². The van der Waals surface area contributed by atoms with Gasteiger partial charge in [-0.05, 0) is 43.5 Å². The molecule has 0 saturated carbocycles. The zero-order chi connectivity index (χ0) is 18.3. The van der Waals surface area contributed by atoms with Crippen LogP contribution in [0.25, 0.3) is 0 Å². The van der Waals surface area contributed by atoms with Gasteiger partial charge in [-0.15, -0.1) is 0 Å². The average Bonchev–Trinajstić information content (AvgIpc) is 2.62. The molecule has 0 aliphatic rings. The molecule has 6 heteroatoms. The average molecular weight is 380 g/mol. The molecule has 0 radical (unpaired) electrons. The van der Waals surface area contributed by atoms with Crippen LogP contribution in [0, 0.1) is 5.92 Å². The van der Waals surface area contributed by atoms with Gasteiger partial charge in [-0.3, -0.25) is 4.57 Å². The molecular weight excluding hydrogens is 354 g/mol. The molecule has 3 atom stereocenters. The minimum Gasteiger partial charge on any atom is -0.346 e. The van der Waals surface area contributed by atoms with Crippen molar-refractivity contribution in [1.82, 2.24) is 0 Å². The topological polar surface area (TPSA) is 55.8 Å². The molecule has 0 heterocycles. The highest BCUT2D eigenvalue weighted by atomic mass is 31.2. The van der Waals surface area contributed by atoms with Gasteiger partial charge >= 0.3 is 0 Å². The second-order valence-electron chi connectivity index (χ2n) is 6.15. The van der Waals surface area contributed by atoms with Crippen molar-refractivity contribution in [3.05, 3.63) is 60.7 Å². The van der Waals surface area contributed by atoms with E-state index in [1.54, 1.807) is 12.1 Å². The van der Waals surface area contributed by atoms with Crippen LogP contribution in [0.15, 0.2) is 60.7 Å². The molecule has 0 amide bonds. The number of benzene rings is 2. The van der Waals surface area contributed by atoms with E-state index in [1.807, 2.05) is 69.3 Å². The molecule has 0 spiro atoms. The maximum atomic E-state index is 13.8. The Hall–Kier alpha value is -1.02. The van der Waals surface area contributed by atoms with Crippen LogP contribution in [0.1, 0.15) is 27.2 Å². The molecule has 0 aliphatic heterocycles. The third kappa shape index (κ3) is 5.48. The fourth-order valence-electron chi connectivity index (χ4n) is 2.53. The molecule has 0 aliphatic carbocycles. The Bertz CT molecular complexity index is 676. The van der Waals surface area contributed by atoms with Crippen molar-refractivity contribution in [3.8, 4) is 0 Å². The van der Waals surface area contributed by atoms with Gasteiger partial charge in [-0.25, -0.2) is 0 Å². The lowest BCUT2D eigenvalue weighted by molar-refractivity contribution is 0.215. The summed E-state index contributed by atoms with van der Waals surface area (Å²) >= 11 is 0. The summed E-state index contributed by atoms with van der Waals surface area (Å²) in [7, 11) is -5.14. The fraction of sp³-hybridized carbons (Fsp3) is 0.368. The molecule has 4 nitrogen and oxygen atoms in total. The number of rotatable bonds is 9. The van der Waals surface area contributed by atoms with Gasteiger partial charge in [-0.1, -0.05) is 50.2 Å². The molecule has 1 unspecified atom stereocenters. The van der Waals surface area contributed by atoms with E-state index < -0.39 is 21.6 Å². The highest BCUT2D eigenvalue weighted by molar-refractivity contribution is 7.68.